The van der Waals surface area contributed by atoms with Gasteiger partial charge in [0.1, 0.15) is 0 Å². The van der Waals surface area contributed by atoms with Gasteiger partial charge in [-0.1, -0.05) is 40.2 Å². The lowest BCUT2D eigenvalue weighted by Crippen LogP contribution is -2.02. The molecule has 2 aromatic carbocycles. The minimum atomic E-state index is 0.0561. The molecule has 0 radical (unpaired) electrons. The van der Waals surface area contributed by atoms with Crippen LogP contribution in [0.25, 0.3) is 0 Å². The van der Waals surface area contributed by atoms with Crippen molar-refractivity contribution in [3.63, 3.8) is 0 Å². The minimum Gasteiger partial charge on any atom is -0.289 e. The van der Waals surface area contributed by atoms with Crippen molar-refractivity contribution in [3.8, 4) is 0 Å². The van der Waals surface area contributed by atoms with E-state index in [0.29, 0.717) is 5.56 Å². The van der Waals surface area contributed by atoms with Crippen LogP contribution in [0.15, 0.2) is 46.9 Å². The van der Waals surface area contributed by atoms with E-state index in [2.05, 4.69) is 15.9 Å². The molecule has 0 amide bonds. The fraction of sp³-hybridized carbons (Fsp3) is 0.133. The molecule has 1 nitrogen and oxygen atoms in total. The van der Waals surface area contributed by atoms with E-state index >= 15 is 0 Å². The Balaban J connectivity index is 2.44. The molecule has 0 N–H and O–H groups in total. The molecule has 0 aliphatic heterocycles. The summed E-state index contributed by atoms with van der Waals surface area (Å²) in [5.41, 5.74) is 3.78. The van der Waals surface area contributed by atoms with Gasteiger partial charge in [0, 0.05) is 15.6 Å². The highest BCUT2D eigenvalue weighted by Gasteiger charge is 2.12. The molecule has 0 unspecified atom stereocenters. The minimum absolute atomic E-state index is 0.0561. The number of carbonyl (C=O) groups excluding carboxylic acids is 1. The molecule has 0 fully saturated rings. The third-order valence-electron chi connectivity index (χ3n) is 2.89. The number of benzene rings is 2. The third kappa shape index (κ3) is 2.47. The molecule has 17 heavy (non-hydrogen) atoms. The van der Waals surface area contributed by atoms with E-state index in [1.807, 2.05) is 56.3 Å². The number of aryl methyl sites for hydroxylation is 2. The Morgan fingerprint density at radius 3 is 2.35 bits per heavy atom. The van der Waals surface area contributed by atoms with E-state index in [4.69, 9.17) is 0 Å². The summed E-state index contributed by atoms with van der Waals surface area (Å²) in [6.45, 7) is 4.06. The van der Waals surface area contributed by atoms with Crippen LogP contribution in [-0.2, 0) is 0 Å². The molecule has 0 aliphatic carbocycles. The van der Waals surface area contributed by atoms with Crippen LogP contribution in [-0.4, -0.2) is 5.78 Å². The first kappa shape index (κ1) is 12.1. The van der Waals surface area contributed by atoms with Gasteiger partial charge >= 0.3 is 0 Å². The van der Waals surface area contributed by atoms with Crippen LogP contribution in [0, 0.1) is 13.8 Å². The van der Waals surface area contributed by atoms with Gasteiger partial charge in [0.15, 0.2) is 5.78 Å². The van der Waals surface area contributed by atoms with Gasteiger partial charge in [0.05, 0.1) is 0 Å². The maximum absolute atomic E-state index is 12.3. The molecule has 0 aromatic heterocycles. The molecule has 0 bridgehead atoms. The smallest absolute Gasteiger partial charge is 0.194 e. The fourth-order valence-corrected chi connectivity index (χ4v) is 2.15. The summed E-state index contributed by atoms with van der Waals surface area (Å²) in [6.07, 6.45) is 0. The zero-order valence-electron chi connectivity index (χ0n) is 9.83. The van der Waals surface area contributed by atoms with E-state index in [0.717, 1.165) is 15.6 Å². The maximum Gasteiger partial charge on any atom is 0.194 e. The summed E-state index contributed by atoms with van der Waals surface area (Å²) in [6, 6.07) is 13.3. The van der Waals surface area contributed by atoms with Crippen molar-refractivity contribution >= 4 is 21.7 Å². The second-order valence-electron chi connectivity index (χ2n) is 4.11. The molecular formula is C15H13BrO. The average Bonchev–Trinajstić information content (AvgIpc) is 2.32. The number of carbonyl (C=O) groups is 1. The number of hydrogen-bond donors (Lipinski definition) is 0. The van der Waals surface area contributed by atoms with Crippen LogP contribution in [0.4, 0.5) is 0 Å². The van der Waals surface area contributed by atoms with Crippen LogP contribution in [0.5, 0.6) is 0 Å². The molecule has 2 heteroatoms. The van der Waals surface area contributed by atoms with Crippen molar-refractivity contribution in [2.24, 2.45) is 0 Å². The van der Waals surface area contributed by atoms with Gasteiger partial charge in [0.25, 0.3) is 0 Å². The van der Waals surface area contributed by atoms with Crippen LogP contribution < -0.4 is 0 Å². The molecule has 86 valence electrons. The Bertz CT molecular complexity index is 573. The summed E-state index contributed by atoms with van der Waals surface area (Å²) in [5.74, 6) is 0.0561. The first-order chi connectivity index (χ1) is 8.09. The summed E-state index contributed by atoms with van der Waals surface area (Å²) in [7, 11) is 0. The first-order valence-corrected chi connectivity index (χ1v) is 6.25. The van der Waals surface area contributed by atoms with E-state index in [1.165, 1.54) is 5.56 Å². The number of ketones is 1. The van der Waals surface area contributed by atoms with Crippen molar-refractivity contribution in [3.05, 3.63) is 69.2 Å². The summed E-state index contributed by atoms with van der Waals surface area (Å²) in [4.78, 5) is 12.3. The number of halogens is 1. The highest BCUT2D eigenvalue weighted by atomic mass is 79.9. The third-order valence-corrected chi connectivity index (χ3v) is 3.58. The first-order valence-electron chi connectivity index (χ1n) is 5.46. The Morgan fingerprint density at radius 2 is 1.71 bits per heavy atom. The van der Waals surface area contributed by atoms with Crippen molar-refractivity contribution in [2.45, 2.75) is 13.8 Å². The van der Waals surface area contributed by atoms with Gasteiger partial charge in [-0.2, -0.15) is 0 Å². The van der Waals surface area contributed by atoms with Gasteiger partial charge < -0.3 is 0 Å². The zero-order chi connectivity index (χ0) is 12.4. The largest absolute Gasteiger partial charge is 0.289 e. The van der Waals surface area contributed by atoms with Crippen LogP contribution in [0.3, 0.4) is 0 Å². The van der Waals surface area contributed by atoms with E-state index in [1.54, 1.807) is 0 Å². The van der Waals surface area contributed by atoms with Gasteiger partial charge in [-0.15, -0.1) is 0 Å². The Kier molecular flexibility index (Phi) is 3.43. The highest BCUT2D eigenvalue weighted by Crippen LogP contribution is 2.20. The van der Waals surface area contributed by atoms with Crippen LogP contribution >= 0.6 is 15.9 Å². The molecular weight excluding hydrogens is 276 g/mol. The standard InChI is InChI=1S/C15H13BrO/c1-10-7-8-12(9-11(10)2)15(17)13-5-3-4-6-14(13)16/h3-9H,1-2H3. The van der Waals surface area contributed by atoms with Gasteiger partial charge in [-0.3, -0.25) is 4.79 Å². The maximum atomic E-state index is 12.3. The zero-order valence-corrected chi connectivity index (χ0v) is 11.4. The lowest BCUT2D eigenvalue weighted by molar-refractivity contribution is 0.103. The van der Waals surface area contributed by atoms with E-state index in [9.17, 15) is 4.79 Å². The summed E-state index contributed by atoms with van der Waals surface area (Å²) < 4.78 is 0.836. The Hall–Kier alpha value is -1.41. The van der Waals surface area contributed by atoms with Crippen LogP contribution in [0.1, 0.15) is 27.0 Å². The van der Waals surface area contributed by atoms with Crippen molar-refractivity contribution in [2.75, 3.05) is 0 Å². The normalized spacial score (nSPS) is 10.3. The number of rotatable bonds is 2. The fourth-order valence-electron chi connectivity index (χ4n) is 1.68. The molecule has 0 saturated heterocycles. The molecule has 2 rings (SSSR count). The Labute approximate surface area is 110 Å². The van der Waals surface area contributed by atoms with Crippen LogP contribution in [0.2, 0.25) is 0 Å². The SMILES string of the molecule is Cc1ccc(C(=O)c2ccccc2Br)cc1C. The molecule has 0 spiro atoms. The topological polar surface area (TPSA) is 17.1 Å². The van der Waals surface area contributed by atoms with E-state index in [-0.39, 0.29) is 5.78 Å². The van der Waals surface area contributed by atoms with Gasteiger partial charge in [-0.05, 0) is 43.2 Å². The van der Waals surface area contributed by atoms with Crippen molar-refractivity contribution in [1.82, 2.24) is 0 Å². The summed E-state index contributed by atoms with van der Waals surface area (Å²) in [5, 5.41) is 0. The highest BCUT2D eigenvalue weighted by molar-refractivity contribution is 9.10. The second kappa shape index (κ2) is 4.84. The molecule has 2 aromatic rings. The summed E-state index contributed by atoms with van der Waals surface area (Å²) >= 11 is 3.41. The van der Waals surface area contributed by atoms with Crippen molar-refractivity contribution < 1.29 is 4.79 Å². The van der Waals surface area contributed by atoms with E-state index < -0.39 is 0 Å². The van der Waals surface area contributed by atoms with Gasteiger partial charge in [0.2, 0.25) is 0 Å². The van der Waals surface area contributed by atoms with Gasteiger partial charge in [-0.25, -0.2) is 0 Å². The Morgan fingerprint density at radius 1 is 1.00 bits per heavy atom. The number of hydrogen-bond acceptors (Lipinski definition) is 1. The second-order valence-corrected chi connectivity index (χ2v) is 4.96. The molecule has 0 atom stereocenters. The lowest BCUT2D eigenvalue weighted by atomic mass is 9.99. The molecule has 0 heterocycles. The quantitative estimate of drug-likeness (QED) is 0.753. The average molecular weight is 289 g/mol. The monoisotopic (exact) mass is 288 g/mol. The molecule has 0 saturated carbocycles. The predicted molar refractivity (Wildman–Crippen MR) is 73.5 cm³/mol. The molecule has 0 aliphatic rings. The predicted octanol–water partition coefficient (Wildman–Crippen LogP) is 4.30. The van der Waals surface area contributed by atoms with Crippen molar-refractivity contribution in [1.29, 1.82) is 0 Å². The lowest BCUT2D eigenvalue weighted by Gasteiger charge is -2.06.